The molecule has 1 amide bonds. The van der Waals surface area contributed by atoms with Crippen molar-refractivity contribution in [1.82, 2.24) is 4.90 Å². The molecule has 0 saturated carbocycles. The summed E-state index contributed by atoms with van der Waals surface area (Å²) < 4.78 is 10.4. The van der Waals surface area contributed by atoms with Gasteiger partial charge >= 0.3 is 6.09 Å². The van der Waals surface area contributed by atoms with Crippen LogP contribution in [0.1, 0.15) is 27.2 Å². The van der Waals surface area contributed by atoms with Crippen LogP contribution in [0.4, 0.5) is 4.79 Å². The van der Waals surface area contributed by atoms with E-state index in [2.05, 4.69) is 4.74 Å². The molecule has 14 heavy (non-hydrogen) atoms. The number of ether oxygens (including phenoxy) is 2. The molecule has 1 unspecified atom stereocenters. The average molecular weight is 201 g/mol. The van der Waals surface area contributed by atoms with Crippen molar-refractivity contribution in [3.8, 4) is 0 Å². The molecule has 0 aromatic rings. The summed E-state index contributed by atoms with van der Waals surface area (Å²) in [5, 5.41) is 0. The number of hydrogen-bond donors (Lipinski definition) is 0. The predicted octanol–water partition coefficient (Wildman–Crippen LogP) is 1.64. The fourth-order valence-electron chi connectivity index (χ4n) is 1.62. The van der Waals surface area contributed by atoms with Crippen LogP contribution in [0.25, 0.3) is 0 Å². The standard InChI is InChI=1S/C10H19NO3/c1-10(2,3)14-8-5-6-11(7-8)9(12)13-4/h8H,5-7H2,1-4H3. The van der Waals surface area contributed by atoms with E-state index in [4.69, 9.17) is 4.74 Å². The van der Waals surface area contributed by atoms with Crippen molar-refractivity contribution in [2.45, 2.75) is 38.9 Å². The Labute approximate surface area is 85.2 Å². The second-order valence-electron chi connectivity index (χ2n) is 4.56. The molecule has 1 rings (SSSR count). The lowest BCUT2D eigenvalue weighted by atomic mass is 10.2. The largest absolute Gasteiger partial charge is 0.453 e. The molecule has 0 spiro atoms. The molecule has 0 radical (unpaired) electrons. The summed E-state index contributed by atoms with van der Waals surface area (Å²) in [4.78, 5) is 12.9. The highest BCUT2D eigenvalue weighted by Gasteiger charge is 2.30. The Morgan fingerprint density at radius 1 is 1.43 bits per heavy atom. The minimum absolute atomic E-state index is 0.142. The minimum atomic E-state index is -0.259. The zero-order valence-corrected chi connectivity index (χ0v) is 9.37. The number of amides is 1. The minimum Gasteiger partial charge on any atom is -0.453 e. The van der Waals surface area contributed by atoms with Gasteiger partial charge in [0.2, 0.25) is 0 Å². The summed E-state index contributed by atoms with van der Waals surface area (Å²) >= 11 is 0. The van der Waals surface area contributed by atoms with Crippen LogP contribution < -0.4 is 0 Å². The molecule has 0 aromatic carbocycles. The highest BCUT2D eigenvalue weighted by atomic mass is 16.5. The van der Waals surface area contributed by atoms with Gasteiger partial charge in [-0.15, -0.1) is 0 Å². The molecule has 0 N–H and O–H groups in total. The molecule has 1 heterocycles. The SMILES string of the molecule is COC(=O)N1CCC(OC(C)(C)C)C1. The van der Waals surface area contributed by atoms with E-state index in [-0.39, 0.29) is 17.8 Å². The van der Waals surface area contributed by atoms with Gasteiger partial charge in [-0.25, -0.2) is 4.79 Å². The molecular weight excluding hydrogens is 182 g/mol. The van der Waals surface area contributed by atoms with Gasteiger partial charge in [0, 0.05) is 6.54 Å². The third kappa shape index (κ3) is 3.18. The zero-order valence-electron chi connectivity index (χ0n) is 9.37. The number of carbonyl (C=O) groups is 1. The van der Waals surface area contributed by atoms with E-state index < -0.39 is 0 Å². The molecule has 4 heteroatoms. The maximum atomic E-state index is 11.2. The zero-order chi connectivity index (χ0) is 10.8. The van der Waals surface area contributed by atoms with Gasteiger partial charge in [0.25, 0.3) is 0 Å². The van der Waals surface area contributed by atoms with Crippen LogP contribution in [0.5, 0.6) is 0 Å². The first-order chi connectivity index (χ1) is 6.42. The molecule has 1 aliphatic heterocycles. The fourth-order valence-corrected chi connectivity index (χ4v) is 1.62. The molecule has 1 aliphatic rings. The van der Waals surface area contributed by atoms with Crippen molar-refractivity contribution in [2.24, 2.45) is 0 Å². The Bertz CT molecular complexity index is 210. The molecule has 1 fully saturated rings. The Balaban J connectivity index is 2.38. The van der Waals surface area contributed by atoms with E-state index in [1.165, 1.54) is 7.11 Å². The number of carbonyl (C=O) groups excluding carboxylic acids is 1. The highest BCUT2D eigenvalue weighted by molar-refractivity contribution is 5.67. The van der Waals surface area contributed by atoms with E-state index in [0.29, 0.717) is 6.54 Å². The molecular formula is C10H19NO3. The average Bonchev–Trinajstić information content (AvgIpc) is 2.48. The van der Waals surface area contributed by atoms with Crippen LogP contribution in [-0.2, 0) is 9.47 Å². The summed E-state index contributed by atoms with van der Waals surface area (Å²) in [6.45, 7) is 7.44. The van der Waals surface area contributed by atoms with Gasteiger partial charge in [-0.1, -0.05) is 0 Å². The maximum Gasteiger partial charge on any atom is 0.409 e. The third-order valence-corrected chi connectivity index (χ3v) is 2.10. The number of likely N-dealkylation sites (tertiary alicyclic amines) is 1. The first-order valence-electron chi connectivity index (χ1n) is 4.93. The Kier molecular flexibility index (Phi) is 3.37. The summed E-state index contributed by atoms with van der Waals surface area (Å²) in [5.74, 6) is 0. The van der Waals surface area contributed by atoms with Crippen molar-refractivity contribution < 1.29 is 14.3 Å². The van der Waals surface area contributed by atoms with Crippen LogP contribution in [-0.4, -0.2) is 42.9 Å². The summed E-state index contributed by atoms with van der Waals surface area (Å²) in [6.07, 6.45) is 0.783. The first-order valence-corrected chi connectivity index (χ1v) is 4.93. The second-order valence-corrected chi connectivity index (χ2v) is 4.56. The molecule has 4 nitrogen and oxygen atoms in total. The molecule has 0 bridgehead atoms. The Hall–Kier alpha value is -0.770. The number of nitrogens with zero attached hydrogens (tertiary/aromatic N) is 1. The van der Waals surface area contributed by atoms with E-state index in [9.17, 15) is 4.79 Å². The number of methoxy groups -OCH3 is 1. The normalized spacial score (nSPS) is 22.6. The van der Waals surface area contributed by atoms with E-state index in [0.717, 1.165) is 13.0 Å². The summed E-state index contributed by atoms with van der Waals surface area (Å²) in [5.41, 5.74) is -0.142. The van der Waals surface area contributed by atoms with Crippen LogP contribution in [0.2, 0.25) is 0 Å². The summed E-state index contributed by atoms with van der Waals surface area (Å²) in [7, 11) is 1.40. The predicted molar refractivity (Wildman–Crippen MR) is 53.2 cm³/mol. The lowest BCUT2D eigenvalue weighted by molar-refractivity contribution is -0.0534. The lowest BCUT2D eigenvalue weighted by Gasteiger charge is -2.24. The molecule has 0 aliphatic carbocycles. The van der Waals surface area contributed by atoms with Gasteiger partial charge < -0.3 is 14.4 Å². The van der Waals surface area contributed by atoms with Crippen molar-refractivity contribution in [1.29, 1.82) is 0 Å². The van der Waals surface area contributed by atoms with Crippen molar-refractivity contribution in [2.75, 3.05) is 20.2 Å². The monoisotopic (exact) mass is 201 g/mol. The fraction of sp³-hybridized carbons (Fsp3) is 0.900. The van der Waals surface area contributed by atoms with E-state index in [1.807, 2.05) is 20.8 Å². The van der Waals surface area contributed by atoms with Crippen molar-refractivity contribution >= 4 is 6.09 Å². The van der Waals surface area contributed by atoms with Crippen LogP contribution >= 0.6 is 0 Å². The van der Waals surface area contributed by atoms with E-state index in [1.54, 1.807) is 4.90 Å². The van der Waals surface area contributed by atoms with Crippen LogP contribution in [0, 0.1) is 0 Å². The van der Waals surface area contributed by atoms with Crippen LogP contribution in [0.3, 0.4) is 0 Å². The first kappa shape index (κ1) is 11.3. The number of rotatable bonds is 1. The van der Waals surface area contributed by atoms with Gasteiger partial charge in [0.05, 0.1) is 25.4 Å². The molecule has 82 valence electrons. The van der Waals surface area contributed by atoms with Gasteiger partial charge in [-0.05, 0) is 27.2 Å². The van der Waals surface area contributed by atoms with Crippen molar-refractivity contribution in [3.05, 3.63) is 0 Å². The summed E-state index contributed by atoms with van der Waals surface area (Å²) in [6, 6.07) is 0. The quantitative estimate of drug-likeness (QED) is 0.647. The van der Waals surface area contributed by atoms with E-state index >= 15 is 0 Å². The van der Waals surface area contributed by atoms with Gasteiger partial charge in [-0.2, -0.15) is 0 Å². The Morgan fingerprint density at radius 2 is 2.07 bits per heavy atom. The van der Waals surface area contributed by atoms with Gasteiger partial charge in [0.15, 0.2) is 0 Å². The third-order valence-electron chi connectivity index (χ3n) is 2.10. The molecule has 1 saturated heterocycles. The van der Waals surface area contributed by atoms with Crippen LogP contribution in [0.15, 0.2) is 0 Å². The Morgan fingerprint density at radius 3 is 2.57 bits per heavy atom. The van der Waals surface area contributed by atoms with Gasteiger partial charge in [-0.3, -0.25) is 0 Å². The smallest absolute Gasteiger partial charge is 0.409 e. The van der Waals surface area contributed by atoms with Gasteiger partial charge in [0.1, 0.15) is 0 Å². The number of hydrogen-bond acceptors (Lipinski definition) is 3. The topological polar surface area (TPSA) is 38.8 Å². The second kappa shape index (κ2) is 4.17. The highest BCUT2D eigenvalue weighted by Crippen LogP contribution is 2.19. The molecule has 0 aromatic heterocycles. The molecule has 1 atom stereocenters. The lowest BCUT2D eigenvalue weighted by Crippen LogP contribution is -2.33. The maximum absolute atomic E-state index is 11.2. The van der Waals surface area contributed by atoms with Crippen molar-refractivity contribution in [3.63, 3.8) is 0 Å².